The molecule has 0 saturated carbocycles. The van der Waals surface area contributed by atoms with Crippen LogP contribution in [0.5, 0.6) is 0 Å². The Bertz CT molecular complexity index is 459. The number of nitrogens with zero attached hydrogens (tertiary/aromatic N) is 2. The highest BCUT2D eigenvalue weighted by Crippen LogP contribution is 2.06. The maximum absolute atomic E-state index is 12.1. The Morgan fingerprint density at radius 3 is 2.79 bits per heavy atom. The van der Waals surface area contributed by atoms with Crippen molar-refractivity contribution in [1.29, 1.82) is 0 Å². The van der Waals surface area contributed by atoms with Gasteiger partial charge in [-0.25, -0.2) is 4.79 Å². The van der Waals surface area contributed by atoms with Crippen LogP contribution in [0.25, 0.3) is 0 Å². The van der Waals surface area contributed by atoms with E-state index in [0.29, 0.717) is 24.4 Å². The van der Waals surface area contributed by atoms with Gasteiger partial charge in [-0.1, -0.05) is 0 Å². The van der Waals surface area contributed by atoms with Crippen LogP contribution in [-0.4, -0.2) is 44.8 Å². The molecular formula is C12H19N3O3S. The Kier molecular flexibility index (Phi) is 5.88. The Morgan fingerprint density at radius 2 is 2.26 bits per heavy atom. The van der Waals surface area contributed by atoms with E-state index >= 15 is 0 Å². The van der Waals surface area contributed by atoms with Crippen molar-refractivity contribution >= 4 is 23.6 Å². The summed E-state index contributed by atoms with van der Waals surface area (Å²) in [5.41, 5.74) is 1.14. The number of amides is 1. The zero-order valence-electron chi connectivity index (χ0n) is 11.3. The van der Waals surface area contributed by atoms with Gasteiger partial charge in [-0.2, -0.15) is 16.9 Å². The number of hydrogen-bond donors (Lipinski definition) is 2. The molecule has 0 radical (unpaired) electrons. The molecule has 0 aromatic carbocycles. The lowest BCUT2D eigenvalue weighted by atomic mass is 10.2. The van der Waals surface area contributed by atoms with Crippen LogP contribution in [0.2, 0.25) is 0 Å². The highest BCUT2D eigenvalue weighted by atomic mass is 32.2. The molecule has 0 fully saturated rings. The van der Waals surface area contributed by atoms with Crippen molar-refractivity contribution in [3.8, 4) is 0 Å². The van der Waals surface area contributed by atoms with Crippen LogP contribution in [0.3, 0.4) is 0 Å². The first-order chi connectivity index (χ1) is 8.99. The molecule has 7 heteroatoms. The number of carbonyl (C=O) groups is 2. The molecule has 19 heavy (non-hydrogen) atoms. The second kappa shape index (κ2) is 7.18. The van der Waals surface area contributed by atoms with E-state index in [2.05, 4.69) is 10.4 Å². The molecule has 0 aliphatic heterocycles. The van der Waals surface area contributed by atoms with Gasteiger partial charge in [-0.3, -0.25) is 9.48 Å². The molecule has 0 spiro atoms. The van der Waals surface area contributed by atoms with E-state index in [1.54, 1.807) is 29.4 Å². The van der Waals surface area contributed by atoms with Gasteiger partial charge in [-0.15, -0.1) is 0 Å². The number of carboxylic acids is 1. The molecule has 1 heterocycles. The van der Waals surface area contributed by atoms with Gasteiger partial charge in [0.2, 0.25) is 0 Å². The Morgan fingerprint density at radius 1 is 1.58 bits per heavy atom. The number of aryl methyl sites for hydroxylation is 2. The van der Waals surface area contributed by atoms with Crippen LogP contribution in [0.4, 0.5) is 0 Å². The SMILES string of the molecule is CCn1nc(C)cc1C(=O)NC(CCSC)C(=O)O. The van der Waals surface area contributed by atoms with E-state index in [1.165, 1.54) is 0 Å². The Balaban J connectivity index is 2.78. The van der Waals surface area contributed by atoms with Crippen molar-refractivity contribution in [2.45, 2.75) is 32.9 Å². The predicted molar refractivity (Wildman–Crippen MR) is 74.5 cm³/mol. The summed E-state index contributed by atoms with van der Waals surface area (Å²) in [6.07, 6.45) is 2.30. The van der Waals surface area contributed by atoms with Crippen molar-refractivity contribution in [2.24, 2.45) is 0 Å². The lowest BCUT2D eigenvalue weighted by Gasteiger charge is -2.14. The maximum atomic E-state index is 12.1. The van der Waals surface area contributed by atoms with Gasteiger partial charge < -0.3 is 10.4 Å². The number of rotatable bonds is 7. The average molecular weight is 285 g/mol. The molecule has 1 amide bonds. The summed E-state index contributed by atoms with van der Waals surface area (Å²) < 4.78 is 1.57. The summed E-state index contributed by atoms with van der Waals surface area (Å²) in [6.45, 7) is 4.25. The van der Waals surface area contributed by atoms with Crippen LogP contribution in [-0.2, 0) is 11.3 Å². The minimum atomic E-state index is -1.01. The number of hydrogen-bond acceptors (Lipinski definition) is 4. The van der Waals surface area contributed by atoms with Gasteiger partial charge in [0.05, 0.1) is 5.69 Å². The fourth-order valence-electron chi connectivity index (χ4n) is 1.69. The van der Waals surface area contributed by atoms with Crippen LogP contribution in [0, 0.1) is 6.92 Å². The standard InChI is InChI=1S/C12H19N3O3S/c1-4-15-10(7-8(2)14-15)11(16)13-9(12(17)18)5-6-19-3/h7,9H,4-6H2,1-3H3,(H,13,16)(H,17,18). The van der Waals surface area contributed by atoms with Crippen molar-refractivity contribution in [3.63, 3.8) is 0 Å². The van der Waals surface area contributed by atoms with E-state index in [4.69, 9.17) is 5.11 Å². The van der Waals surface area contributed by atoms with Crippen LogP contribution in [0.1, 0.15) is 29.5 Å². The van der Waals surface area contributed by atoms with Crippen molar-refractivity contribution in [2.75, 3.05) is 12.0 Å². The second-order valence-electron chi connectivity index (χ2n) is 4.13. The molecule has 1 aromatic rings. The molecule has 0 aliphatic carbocycles. The minimum Gasteiger partial charge on any atom is -0.480 e. The summed E-state index contributed by atoms with van der Waals surface area (Å²) in [5, 5.41) is 15.8. The van der Waals surface area contributed by atoms with Gasteiger partial charge in [0.15, 0.2) is 0 Å². The summed E-state index contributed by atoms with van der Waals surface area (Å²) in [6, 6.07) is 0.798. The largest absolute Gasteiger partial charge is 0.480 e. The van der Waals surface area contributed by atoms with E-state index in [0.717, 1.165) is 5.69 Å². The van der Waals surface area contributed by atoms with Crippen LogP contribution < -0.4 is 5.32 Å². The molecule has 0 saturated heterocycles. The third kappa shape index (κ3) is 4.27. The van der Waals surface area contributed by atoms with Gasteiger partial charge >= 0.3 is 5.97 Å². The second-order valence-corrected chi connectivity index (χ2v) is 5.12. The third-order valence-corrected chi connectivity index (χ3v) is 3.29. The fraction of sp³-hybridized carbons (Fsp3) is 0.583. The molecule has 106 valence electrons. The number of nitrogens with one attached hydrogen (secondary N) is 1. The fourth-order valence-corrected chi connectivity index (χ4v) is 2.17. The molecule has 1 rings (SSSR count). The smallest absolute Gasteiger partial charge is 0.326 e. The van der Waals surface area contributed by atoms with Crippen molar-refractivity contribution in [3.05, 3.63) is 17.5 Å². The Labute approximate surface area is 116 Å². The number of aromatic nitrogens is 2. The lowest BCUT2D eigenvalue weighted by Crippen LogP contribution is -2.41. The van der Waals surface area contributed by atoms with Crippen LogP contribution >= 0.6 is 11.8 Å². The normalized spacial score (nSPS) is 12.2. The van der Waals surface area contributed by atoms with Crippen molar-refractivity contribution < 1.29 is 14.7 Å². The zero-order chi connectivity index (χ0) is 14.4. The highest BCUT2D eigenvalue weighted by molar-refractivity contribution is 7.98. The predicted octanol–water partition coefficient (Wildman–Crippen LogP) is 1.15. The molecular weight excluding hydrogens is 266 g/mol. The first kappa shape index (κ1) is 15.6. The van der Waals surface area contributed by atoms with Crippen molar-refractivity contribution in [1.82, 2.24) is 15.1 Å². The minimum absolute atomic E-state index is 0.393. The Hall–Kier alpha value is -1.50. The van der Waals surface area contributed by atoms with Gasteiger partial charge in [0, 0.05) is 6.54 Å². The molecule has 1 aromatic heterocycles. The van der Waals surface area contributed by atoms with E-state index < -0.39 is 17.9 Å². The maximum Gasteiger partial charge on any atom is 0.326 e. The van der Waals surface area contributed by atoms with E-state index in [-0.39, 0.29) is 0 Å². The number of carboxylic acid groups (broad SMARTS) is 1. The van der Waals surface area contributed by atoms with Gasteiger partial charge in [0.25, 0.3) is 5.91 Å². The highest BCUT2D eigenvalue weighted by Gasteiger charge is 2.22. The summed E-state index contributed by atoms with van der Waals surface area (Å²) in [7, 11) is 0. The topological polar surface area (TPSA) is 84.2 Å². The molecule has 0 bridgehead atoms. The van der Waals surface area contributed by atoms with Crippen LogP contribution in [0.15, 0.2) is 6.07 Å². The van der Waals surface area contributed by atoms with Gasteiger partial charge in [-0.05, 0) is 38.3 Å². The molecule has 1 atom stereocenters. The molecule has 0 aliphatic rings. The third-order valence-electron chi connectivity index (χ3n) is 2.65. The monoisotopic (exact) mass is 285 g/mol. The number of carbonyl (C=O) groups excluding carboxylic acids is 1. The van der Waals surface area contributed by atoms with E-state index in [9.17, 15) is 9.59 Å². The van der Waals surface area contributed by atoms with Gasteiger partial charge in [0.1, 0.15) is 11.7 Å². The quantitative estimate of drug-likeness (QED) is 0.785. The lowest BCUT2D eigenvalue weighted by molar-refractivity contribution is -0.139. The first-order valence-corrected chi connectivity index (χ1v) is 7.46. The first-order valence-electron chi connectivity index (χ1n) is 6.06. The number of aliphatic carboxylic acids is 1. The van der Waals surface area contributed by atoms with E-state index in [1.807, 2.05) is 13.2 Å². The number of thioether (sulfide) groups is 1. The molecule has 2 N–H and O–H groups in total. The summed E-state index contributed by atoms with van der Waals surface area (Å²) >= 11 is 1.55. The average Bonchev–Trinajstić information content (AvgIpc) is 2.75. The molecule has 1 unspecified atom stereocenters. The summed E-state index contributed by atoms with van der Waals surface area (Å²) in [5.74, 6) is -0.721. The summed E-state index contributed by atoms with van der Waals surface area (Å²) in [4.78, 5) is 23.2. The molecule has 6 nitrogen and oxygen atoms in total. The zero-order valence-corrected chi connectivity index (χ0v) is 12.2.